The summed E-state index contributed by atoms with van der Waals surface area (Å²) in [4.78, 5) is 2.63. The summed E-state index contributed by atoms with van der Waals surface area (Å²) in [6.07, 6.45) is 5.36. The third-order valence-electron chi connectivity index (χ3n) is 3.30. The molecule has 1 aliphatic rings. The molecule has 2 heteroatoms. The Kier molecular flexibility index (Phi) is 5.49. The first-order chi connectivity index (χ1) is 6.76. The molecule has 84 valence electrons. The van der Waals surface area contributed by atoms with E-state index >= 15 is 0 Å². The van der Waals surface area contributed by atoms with Gasteiger partial charge < -0.3 is 10.6 Å². The summed E-state index contributed by atoms with van der Waals surface area (Å²) < 4.78 is 0. The van der Waals surface area contributed by atoms with Crippen molar-refractivity contribution < 1.29 is 0 Å². The molecule has 1 heterocycles. The fourth-order valence-corrected chi connectivity index (χ4v) is 2.54. The Morgan fingerprint density at radius 3 is 2.93 bits per heavy atom. The van der Waals surface area contributed by atoms with Crippen LogP contribution in [0.25, 0.3) is 0 Å². The van der Waals surface area contributed by atoms with Gasteiger partial charge in [-0.1, -0.05) is 20.3 Å². The van der Waals surface area contributed by atoms with Crippen LogP contribution in [-0.2, 0) is 0 Å². The predicted molar refractivity (Wildman–Crippen MR) is 62.3 cm³/mol. The monoisotopic (exact) mass is 198 g/mol. The van der Waals surface area contributed by atoms with Gasteiger partial charge in [0.15, 0.2) is 0 Å². The third-order valence-corrected chi connectivity index (χ3v) is 3.30. The minimum atomic E-state index is 0.778. The predicted octanol–water partition coefficient (Wildman–Crippen LogP) is 2.09. The van der Waals surface area contributed by atoms with E-state index in [9.17, 15) is 0 Å². The molecule has 1 saturated heterocycles. The number of likely N-dealkylation sites (tertiary alicyclic amines) is 1. The molecule has 0 bridgehead atoms. The van der Waals surface area contributed by atoms with Gasteiger partial charge in [0.1, 0.15) is 0 Å². The molecule has 0 aromatic carbocycles. The van der Waals surface area contributed by atoms with Crippen molar-refractivity contribution in [1.82, 2.24) is 4.90 Å². The molecule has 14 heavy (non-hydrogen) atoms. The summed E-state index contributed by atoms with van der Waals surface area (Å²) in [5.74, 6) is 1.76. The highest BCUT2D eigenvalue weighted by molar-refractivity contribution is 4.76. The lowest BCUT2D eigenvalue weighted by atomic mass is 10.0. The second kappa shape index (κ2) is 6.41. The molecule has 0 aromatic rings. The molecule has 2 N–H and O–H groups in total. The van der Waals surface area contributed by atoms with Gasteiger partial charge in [-0.25, -0.2) is 0 Å². The maximum Gasteiger partial charge on any atom is 0.00102 e. The molecule has 2 nitrogen and oxygen atoms in total. The molecule has 0 aromatic heterocycles. The fraction of sp³-hybridized carbons (Fsp3) is 1.00. The van der Waals surface area contributed by atoms with Crippen LogP contribution in [0.2, 0.25) is 0 Å². The Bertz CT molecular complexity index is 147. The lowest BCUT2D eigenvalue weighted by molar-refractivity contribution is 0.270. The zero-order chi connectivity index (χ0) is 10.4. The molecule has 2 atom stereocenters. The molecule has 0 amide bonds. The summed E-state index contributed by atoms with van der Waals surface area (Å²) >= 11 is 0. The zero-order valence-electron chi connectivity index (χ0n) is 9.84. The van der Waals surface area contributed by atoms with E-state index in [2.05, 4.69) is 18.7 Å². The van der Waals surface area contributed by atoms with Crippen molar-refractivity contribution in [2.24, 2.45) is 17.6 Å². The van der Waals surface area contributed by atoms with Gasteiger partial charge in [0.2, 0.25) is 0 Å². The van der Waals surface area contributed by atoms with E-state index in [0.717, 1.165) is 18.4 Å². The summed E-state index contributed by atoms with van der Waals surface area (Å²) in [6, 6.07) is 0. The van der Waals surface area contributed by atoms with Crippen molar-refractivity contribution in [2.45, 2.75) is 39.5 Å². The molecular formula is C12H26N2. The van der Waals surface area contributed by atoms with Crippen molar-refractivity contribution in [3.8, 4) is 0 Å². The molecule has 0 aliphatic carbocycles. The Morgan fingerprint density at radius 2 is 2.29 bits per heavy atom. The Labute approximate surface area is 88.8 Å². The van der Waals surface area contributed by atoms with Crippen LogP contribution in [0, 0.1) is 11.8 Å². The highest BCUT2D eigenvalue weighted by atomic mass is 15.1. The van der Waals surface area contributed by atoms with Crippen LogP contribution >= 0.6 is 0 Å². The quantitative estimate of drug-likeness (QED) is 0.708. The number of rotatable bonds is 6. The van der Waals surface area contributed by atoms with E-state index in [1.54, 1.807) is 0 Å². The smallest absolute Gasteiger partial charge is 0.00102 e. The molecule has 0 saturated carbocycles. The van der Waals surface area contributed by atoms with Gasteiger partial charge in [-0.05, 0) is 44.2 Å². The topological polar surface area (TPSA) is 29.3 Å². The average Bonchev–Trinajstić information content (AvgIpc) is 2.53. The zero-order valence-corrected chi connectivity index (χ0v) is 9.84. The van der Waals surface area contributed by atoms with E-state index in [-0.39, 0.29) is 0 Å². The van der Waals surface area contributed by atoms with Gasteiger partial charge in [0.05, 0.1) is 0 Å². The van der Waals surface area contributed by atoms with Crippen LogP contribution in [0.4, 0.5) is 0 Å². The van der Waals surface area contributed by atoms with Crippen molar-refractivity contribution in [3.05, 3.63) is 0 Å². The number of nitrogens with zero attached hydrogens (tertiary/aromatic N) is 1. The van der Waals surface area contributed by atoms with Crippen LogP contribution in [0.15, 0.2) is 0 Å². The van der Waals surface area contributed by atoms with Crippen LogP contribution in [0.3, 0.4) is 0 Å². The van der Waals surface area contributed by atoms with Gasteiger partial charge in [0.25, 0.3) is 0 Å². The summed E-state index contributed by atoms with van der Waals surface area (Å²) in [5.41, 5.74) is 5.56. The van der Waals surface area contributed by atoms with Crippen LogP contribution in [0.1, 0.15) is 39.5 Å². The first kappa shape index (κ1) is 12.0. The van der Waals surface area contributed by atoms with E-state index in [0.29, 0.717) is 0 Å². The first-order valence-corrected chi connectivity index (χ1v) is 6.18. The van der Waals surface area contributed by atoms with E-state index in [1.807, 2.05) is 0 Å². The van der Waals surface area contributed by atoms with Crippen LogP contribution in [-0.4, -0.2) is 31.1 Å². The number of nitrogens with two attached hydrogens (primary N) is 1. The lowest BCUT2D eigenvalue weighted by Gasteiger charge is -2.20. The maximum atomic E-state index is 5.56. The Balaban J connectivity index is 2.15. The molecule has 1 fully saturated rings. The van der Waals surface area contributed by atoms with Crippen LogP contribution < -0.4 is 5.73 Å². The number of hydrogen-bond donors (Lipinski definition) is 1. The summed E-state index contributed by atoms with van der Waals surface area (Å²) in [7, 11) is 0. The normalized spacial score (nSPS) is 25.5. The molecule has 0 spiro atoms. The van der Waals surface area contributed by atoms with E-state index in [4.69, 9.17) is 5.73 Å². The molecule has 1 rings (SSSR count). The summed E-state index contributed by atoms with van der Waals surface area (Å²) in [6.45, 7) is 9.37. The van der Waals surface area contributed by atoms with Gasteiger partial charge in [-0.15, -0.1) is 0 Å². The molecular weight excluding hydrogens is 172 g/mol. The second-order valence-corrected chi connectivity index (χ2v) is 4.89. The SMILES string of the molecule is CCCC1CCN(CC(C)CCN)C1. The first-order valence-electron chi connectivity index (χ1n) is 6.18. The highest BCUT2D eigenvalue weighted by Crippen LogP contribution is 2.21. The van der Waals surface area contributed by atoms with Crippen molar-refractivity contribution in [3.63, 3.8) is 0 Å². The second-order valence-electron chi connectivity index (χ2n) is 4.89. The lowest BCUT2D eigenvalue weighted by Crippen LogP contribution is -2.27. The van der Waals surface area contributed by atoms with Crippen LogP contribution in [0.5, 0.6) is 0 Å². The van der Waals surface area contributed by atoms with Crippen molar-refractivity contribution in [2.75, 3.05) is 26.2 Å². The maximum absolute atomic E-state index is 5.56. The Hall–Kier alpha value is -0.0800. The molecule has 0 radical (unpaired) electrons. The van der Waals surface area contributed by atoms with E-state index < -0.39 is 0 Å². The van der Waals surface area contributed by atoms with Gasteiger partial charge in [-0.3, -0.25) is 0 Å². The van der Waals surface area contributed by atoms with Crippen molar-refractivity contribution in [1.29, 1.82) is 0 Å². The standard InChI is InChI=1S/C12H26N2/c1-3-4-12-6-8-14(10-12)9-11(2)5-7-13/h11-12H,3-10,13H2,1-2H3. The molecule has 2 unspecified atom stereocenters. The average molecular weight is 198 g/mol. The fourth-order valence-electron chi connectivity index (χ4n) is 2.54. The summed E-state index contributed by atoms with van der Waals surface area (Å²) in [5, 5.41) is 0. The Morgan fingerprint density at radius 1 is 1.50 bits per heavy atom. The molecule has 1 aliphatic heterocycles. The van der Waals surface area contributed by atoms with Gasteiger partial charge in [0, 0.05) is 13.1 Å². The minimum absolute atomic E-state index is 0.778. The number of hydrogen-bond acceptors (Lipinski definition) is 2. The van der Waals surface area contributed by atoms with E-state index in [1.165, 1.54) is 45.3 Å². The van der Waals surface area contributed by atoms with Gasteiger partial charge in [-0.2, -0.15) is 0 Å². The third kappa shape index (κ3) is 3.97. The highest BCUT2D eigenvalue weighted by Gasteiger charge is 2.22. The van der Waals surface area contributed by atoms with Gasteiger partial charge >= 0.3 is 0 Å². The van der Waals surface area contributed by atoms with Crippen molar-refractivity contribution >= 4 is 0 Å². The minimum Gasteiger partial charge on any atom is -0.330 e. The largest absolute Gasteiger partial charge is 0.330 e.